The van der Waals surface area contributed by atoms with Crippen LogP contribution in [0.4, 0.5) is 39.8 Å². The molecule has 0 atom stereocenters. The zero-order valence-electron chi connectivity index (χ0n) is 16.3. The molecule has 0 aliphatic heterocycles. The topological polar surface area (TPSA) is 108 Å². The summed E-state index contributed by atoms with van der Waals surface area (Å²) in [6, 6.07) is 2.99. The van der Waals surface area contributed by atoms with Gasteiger partial charge in [-0.25, -0.2) is 19.2 Å². The van der Waals surface area contributed by atoms with Gasteiger partial charge in [-0.3, -0.25) is 5.32 Å². The Bertz CT molecular complexity index is 1040. The molecule has 0 aliphatic carbocycles. The Labute approximate surface area is 174 Å². The zero-order valence-corrected chi connectivity index (χ0v) is 16.3. The fraction of sp³-hybridized carbons (Fsp3) is 0.263. The summed E-state index contributed by atoms with van der Waals surface area (Å²) < 4.78 is 51.8. The number of anilines is 3. The largest absolute Gasteiger partial charge is 0.419 e. The van der Waals surface area contributed by atoms with E-state index < -0.39 is 23.6 Å². The lowest BCUT2D eigenvalue weighted by atomic mass is 10.2. The monoisotopic (exact) mass is 437 g/mol. The number of carbonyl (C=O) groups is 1. The molecule has 1 aromatic carbocycles. The van der Waals surface area contributed by atoms with Crippen LogP contribution in [0.15, 0.2) is 36.8 Å². The Morgan fingerprint density at radius 1 is 1.16 bits per heavy atom. The molecule has 2 heterocycles. The Hall–Kier alpha value is -3.70. The number of alkyl halides is 3. The number of urea groups is 1. The van der Waals surface area contributed by atoms with Crippen LogP contribution in [-0.2, 0) is 12.6 Å². The van der Waals surface area contributed by atoms with Crippen LogP contribution >= 0.6 is 0 Å². The summed E-state index contributed by atoms with van der Waals surface area (Å²) in [7, 11) is 0. The predicted octanol–water partition coefficient (Wildman–Crippen LogP) is 4.35. The minimum absolute atomic E-state index is 0.0354. The van der Waals surface area contributed by atoms with Gasteiger partial charge >= 0.3 is 12.2 Å². The maximum Gasteiger partial charge on any atom is 0.419 e. The van der Waals surface area contributed by atoms with Crippen molar-refractivity contribution < 1.29 is 22.4 Å². The maximum absolute atomic E-state index is 13.4. The number of imidazole rings is 1. The highest BCUT2D eigenvalue weighted by Gasteiger charge is 2.34. The normalized spacial score (nSPS) is 11.3. The van der Waals surface area contributed by atoms with Gasteiger partial charge in [-0.05, 0) is 38.0 Å². The smallest absolute Gasteiger partial charge is 0.370 e. The van der Waals surface area contributed by atoms with Crippen LogP contribution in [0.3, 0.4) is 0 Å². The minimum atomic E-state index is -4.88. The number of aryl methyl sites for hydroxylation is 2. The molecular formula is C19H19F4N7O. The van der Waals surface area contributed by atoms with E-state index in [0.29, 0.717) is 30.2 Å². The van der Waals surface area contributed by atoms with Crippen molar-refractivity contribution >= 4 is 23.5 Å². The number of benzene rings is 1. The number of hydrogen-bond donors (Lipinski definition) is 4. The molecule has 3 aromatic rings. The average molecular weight is 437 g/mol. The van der Waals surface area contributed by atoms with Crippen molar-refractivity contribution in [2.24, 2.45) is 0 Å². The lowest BCUT2D eigenvalue weighted by Crippen LogP contribution is -2.22. The van der Waals surface area contributed by atoms with Gasteiger partial charge in [0.15, 0.2) is 0 Å². The van der Waals surface area contributed by atoms with Crippen LogP contribution in [-0.4, -0.2) is 32.5 Å². The van der Waals surface area contributed by atoms with E-state index in [4.69, 9.17) is 0 Å². The highest BCUT2D eigenvalue weighted by Crippen LogP contribution is 2.33. The van der Waals surface area contributed by atoms with Crippen LogP contribution in [0, 0.1) is 12.7 Å². The lowest BCUT2D eigenvalue weighted by Gasteiger charge is -2.12. The molecule has 2 amide bonds. The standard InChI is InChI=1S/C19H19F4N7O/c1-11-7-16(25-6-2-3-13-9-24-10-26-13)29-17(27-11)30-18(31)28-12-4-5-15(20)14(8-12)19(21,22)23/h4-5,7-10H,2-3,6H2,1H3,(H,24,26)(H3,25,27,28,29,30,31). The first-order valence-corrected chi connectivity index (χ1v) is 9.22. The molecule has 4 N–H and O–H groups in total. The summed E-state index contributed by atoms with van der Waals surface area (Å²) >= 11 is 0. The summed E-state index contributed by atoms with van der Waals surface area (Å²) in [6.45, 7) is 2.31. The second-order valence-electron chi connectivity index (χ2n) is 6.60. The third-order valence-electron chi connectivity index (χ3n) is 4.09. The number of aromatic nitrogens is 4. The van der Waals surface area contributed by atoms with Crippen LogP contribution in [0.5, 0.6) is 0 Å². The number of aromatic amines is 1. The van der Waals surface area contributed by atoms with Gasteiger partial charge in [0.2, 0.25) is 5.95 Å². The maximum atomic E-state index is 13.4. The summed E-state index contributed by atoms with van der Waals surface area (Å²) in [4.78, 5) is 27.3. The number of nitrogens with one attached hydrogen (secondary N) is 4. The number of amides is 2. The molecule has 3 rings (SSSR count). The van der Waals surface area contributed by atoms with Crippen LogP contribution < -0.4 is 16.0 Å². The summed E-state index contributed by atoms with van der Waals surface area (Å²) in [5.41, 5.74) is -0.119. The molecule has 0 saturated heterocycles. The quantitative estimate of drug-likeness (QED) is 0.325. The number of rotatable bonds is 7. The summed E-state index contributed by atoms with van der Waals surface area (Å²) in [5.74, 6) is -0.982. The second-order valence-corrected chi connectivity index (χ2v) is 6.60. The van der Waals surface area contributed by atoms with E-state index in [1.807, 2.05) is 0 Å². The number of carbonyl (C=O) groups excluding carboxylic acids is 1. The van der Waals surface area contributed by atoms with Gasteiger partial charge in [0, 0.05) is 35.9 Å². The number of hydrogen-bond acceptors (Lipinski definition) is 5. The molecular weight excluding hydrogens is 418 g/mol. The van der Waals surface area contributed by atoms with Crippen molar-refractivity contribution in [3.05, 3.63) is 59.6 Å². The SMILES string of the molecule is Cc1cc(NCCCc2cnc[nH]2)nc(NC(=O)Nc2ccc(F)c(C(F)(F)F)c2)n1. The average Bonchev–Trinajstić information content (AvgIpc) is 3.19. The summed E-state index contributed by atoms with van der Waals surface area (Å²) in [6.07, 6.45) is 0.0717. The zero-order chi connectivity index (χ0) is 22.4. The van der Waals surface area contributed by atoms with Gasteiger partial charge in [-0.2, -0.15) is 18.2 Å². The highest BCUT2D eigenvalue weighted by molar-refractivity contribution is 5.98. The fourth-order valence-electron chi connectivity index (χ4n) is 2.72. The first-order valence-electron chi connectivity index (χ1n) is 9.22. The van der Waals surface area contributed by atoms with Crippen molar-refractivity contribution in [1.82, 2.24) is 19.9 Å². The molecule has 31 heavy (non-hydrogen) atoms. The molecule has 0 radical (unpaired) electrons. The Kier molecular flexibility index (Phi) is 6.68. The molecule has 0 bridgehead atoms. The molecule has 0 fully saturated rings. The van der Waals surface area contributed by atoms with E-state index >= 15 is 0 Å². The molecule has 0 aliphatic rings. The van der Waals surface area contributed by atoms with E-state index in [-0.39, 0.29) is 11.6 Å². The molecule has 0 saturated carbocycles. The van der Waals surface area contributed by atoms with Crippen molar-refractivity contribution in [2.75, 3.05) is 22.5 Å². The lowest BCUT2D eigenvalue weighted by molar-refractivity contribution is -0.139. The fourth-order valence-corrected chi connectivity index (χ4v) is 2.72. The van der Waals surface area contributed by atoms with Gasteiger partial charge in [0.1, 0.15) is 11.6 Å². The van der Waals surface area contributed by atoms with Crippen molar-refractivity contribution in [2.45, 2.75) is 25.9 Å². The second kappa shape index (κ2) is 9.41. The van der Waals surface area contributed by atoms with E-state index in [1.165, 1.54) is 0 Å². The van der Waals surface area contributed by atoms with Crippen molar-refractivity contribution in [3.8, 4) is 0 Å². The number of nitrogens with zero attached hydrogens (tertiary/aromatic N) is 3. The summed E-state index contributed by atoms with van der Waals surface area (Å²) in [5, 5.41) is 7.68. The molecule has 12 heteroatoms. The van der Waals surface area contributed by atoms with E-state index in [2.05, 4.69) is 35.9 Å². The molecule has 2 aromatic heterocycles. The highest BCUT2D eigenvalue weighted by atomic mass is 19.4. The molecule has 0 unspecified atom stereocenters. The van der Waals surface area contributed by atoms with E-state index in [1.54, 1.807) is 25.5 Å². The van der Waals surface area contributed by atoms with Crippen LogP contribution in [0.2, 0.25) is 0 Å². The van der Waals surface area contributed by atoms with Crippen LogP contribution in [0.25, 0.3) is 0 Å². The number of halogens is 4. The van der Waals surface area contributed by atoms with Gasteiger partial charge in [-0.15, -0.1) is 0 Å². The van der Waals surface area contributed by atoms with E-state index in [0.717, 1.165) is 24.6 Å². The molecule has 8 nitrogen and oxygen atoms in total. The van der Waals surface area contributed by atoms with E-state index in [9.17, 15) is 22.4 Å². The van der Waals surface area contributed by atoms with Crippen LogP contribution in [0.1, 0.15) is 23.4 Å². The Balaban J connectivity index is 1.58. The van der Waals surface area contributed by atoms with Gasteiger partial charge < -0.3 is 15.6 Å². The number of H-pyrrole nitrogens is 1. The predicted molar refractivity (Wildman–Crippen MR) is 106 cm³/mol. The van der Waals surface area contributed by atoms with Gasteiger partial charge in [0.25, 0.3) is 0 Å². The third kappa shape index (κ3) is 6.39. The van der Waals surface area contributed by atoms with Crippen molar-refractivity contribution in [3.63, 3.8) is 0 Å². The Morgan fingerprint density at radius 2 is 1.97 bits per heavy atom. The minimum Gasteiger partial charge on any atom is -0.370 e. The van der Waals surface area contributed by atoms with Gasteiger partial charge in [0.05, 0.1) is 11.9 Å². The molecule has 0 spiro atoms. The molecule has 164 valence electrons. The Morgan fingerprint density at radius 3 is 2.68 bits per heavy atom. The van der Waals surface area contributed by atoms with Crippen molar-refractivity contribution in [1.29, 1.82) is 0 Å². The third-order valence-corrected chi connectivity index (χ3v) is 4.09. The first kappa shape index (κ1) is 22.0. The van der Waals surface area contributed by atoms with Gasteiger partial charge in [-0.1, -0.05) is 0 Å². The first-order chi connectivity index (χ1) is 14.7.